The predicted octanol–water partition coefficient (Wildman–Crippen LogP) is 5.81. The zero-order chi connectivity index (χ0) is 19.6. The quantitative estimate of drug-likeness (QED) is 0.616. The van der Waals surface area contributed by atoms with Crippen LogP contribution in [0.15, 0.2) is 59.1 Å². The fraction of sp³-hybridized carbons (Fsp3) is 0.360. The van der Waals surface area contributed by atoms with Gasteiger partial charge in [0.15, 0.2) is 11.5 Å². The largest absolute Gasteiger partial charge is 0.355 e. The van der Waals surface area contributed by atoms with Crippen molar-refractivity contribution in [1.82, 2.24) is 10.5 Å². The lowest BCUT2D eigenvalue weighted by atomic mass is 9.84. The topological polar surface area (TPSA) is 55.1 Å². The lowest BCUT2D eigenvalue weighted by Crippen LogP contribution is -2.27. The van der Waals surface area contributed by atoms with Gasteiger partial charge in [-0.2, -0.15) is 0 Å². The minimum Gasteiger partial charge on any atom is -0.355 e. The smallest absolute Gasteiger partial charge is 0.273 e. The van der Waals surface area contributed by atoms with Crippen LogP contribution in [0.25, 0.3) is 11.3 Å². The maximum absolute atomic E-state index is 12.7. The molecule has 4 heteroatoms. The van der Waals surface area contributed by atoms with Gasteiger partial charge in [-0.25, -0.2) is 0 Å². The molecule has 1 heterocycles. The molecule has 1 aromatic heterocycles. The molecule has 1 atom stereocenters. The molecular formula is C25H26N2O2. The molecule has 3 aromatic rings. The average molecular weight is 386 g/mol. The molecule has 2 aliphatic rings. The molecule has 2 aromatic carbocycles. The normalized spacial score (nSPS) is 19.1. The Bertz CT molecular complexity index is 1000. The highest BCUT2D eigenvalue weighted by Gasteiger charge is 2.25. The monoisotopic (exact) mass is 386 g/mol. The van der Waals surface area contributed by atoms with Gasteiger partial charge in [-0.15, -0.1) is 0 Å². The standard InChI is InChI=1S/C25H26N2O2/c28-25(26-22-15-14-19-8-4-5-9-21(19)22)23-16-24(29-27-23)20-12-10-18(11-13-20)17-6-2-1-3-7-17/h4-5,8-13,16-17,22H,1-3,6-7,14-15H2,(H,26,28)/t22-/m0/s1. The molecule has 0 radical (unpaired) electrons. The Hall–Kier alpha value is -2.88. The SMILES string of the molecule is O=C(N[C@H]1CCc2ccccc21)c1cc(-c2ccc(C3CCCCC3)cc2)on1. The first-order valence-corrected chi connectivity index (χ1v) is 10.7. The van der Waals surface area contributed by atoms with Gasteiger partial charge >= 0.3 is 0 Å². The van der Waals surface area contributed by atoms with Crippen LogP contribution in [0.3, 0.4) is 0 Å². The summed E-state index contributed by atoms with van der Waals surface area (Å²) in [5, 5.41) is 7.12. The Morgan fingerprint density at radius 3 is 2.59 bits per heavy atom. The average Bonchev–Trinajstić information content (AvgIpc) is 3.43. The van der Waals surface area contributed by atoms with Crippen LogP contribution in [0, 0.1) is 0 Å². The molecule has 4 nitrogen and oxygen atoms in total. The molecule has 29 heavy (non-hydrogen) atoms. The van der Waals surface area contributed by atoms with Gasteiger partial charge in [-0.05, 0) is 48.3 Å². The van der Waals surface area contributed by atoms with Crippen LogP contribution in [-0.2, 0) is 6.42 Å². The van der Waals surface area contributed by atoms with Crippen molar-refractivity contribution in [2.24, 2.45) is 0 Å². The number of aryl methyl sites for hydroxylation is 1. The number of nitrogens with one attached hydrogen (secondary N) is 1. The van der Waals surface area contributed by atoms with Crippen LogP contribution in [0.5, 0.6) is 0 Å². The Kier molecular flexibility index (Phi) is 4.92. The number of nitrogens with zero attached hydrogens (tertiary/aromatic N) is 1. The number of aromatic nitrogens is 1. The van der Waals surface area contributed by atoms with Gasteiger partial charge in [-0.3, -0.25) is 4.79 Å². The van der Waals surface area contributed by atoms with E-state index in [1.165, 1.54) is 48.8 Å². The van der Waals surface area contributed by atoms with E-state index in [2.05, 4.69) is 46.9 Å². The molecule has 0 saturated heterocycles. The van der Waals surface area contributed by atoms with Crippen LogP contribution in [0.1, 0.15) is 77.7 Å². The van der Waals surface area contributed by atoms with E-state index in [4.69, 9.17) is 4.52 Å². The van der Waals surface area contributed by atoms with Gasteiger partial charge in [0.25, 0.3) is 5.91 Å². The highest BCUT2D eigenvalue weighted by Crippen LogP contribution is 2.34. The summed E-state index contributed by atoms with van der Waals surface area (Å²) in [5.41, 5.74) is 5.23. The number of amides is 1. The fourth-order valence-electron chi connectivity index (χ4n) is 4.81. The second kappa shape index (κ2) is 7.86. The maximum atomic E-state index is 12.7. The summed E-state index contributed by atoms with van der Waals surface area (Å²) in [6, 6.07) is 18.6. The Balaban J connectivity index is 1.27. The van der Waals surface area contributed by atoms with Crippen LogP contribution in [0.2, 0.25) is 0 Å². The van der Waals surface area contributed by atoms with E-state index in [0.29, 0.717) is 17.4 Å². The first-order valence-electron chi connectivity index (χ1n) is 10.7. The second-order valence-electron chi connectivity index (χ2n) is 8.30. The van der Waals surface area contributed by atoms with E-state index < -0.39 is 0 Å². The van der Waals surface area contributed by atoms with Crippen molar-refractivity contribution in [3.05, 3.63) is 77.0 Å². The second-order valence-corrected chi connectivity index (χ2v) is 8.30. The van der Waals surface area contributed by atoms with Gasteiger partial charge < -0.3 is 9.84 Å². The van der Waals surface area contributed by atoms with E-state index in [9.17, 15) is 4.79 Å². The third kappa shape index (κ3) is 3.71. The molecule has 0 aliphatic heterocycles. The van der Waals surface area contributed by atoms with Crippen LogP contribution >= 0.6 is 0 Å². The van der Waals surface area contributed by atoms with Crippen LogP contribution in [0.4, 0.5) is 0 Å². The lowest BCUT2D eigenvalue weighted by Gasteiger charge is -2.21. The predicted molar refractivity (Wildman–Crippen MR) is 113 cm³/mol. The Morgan fingerprint density at radius 2 is 1.76 bits per heavy atom. The van der Waals surface area contributed by atoms with E-state index in [1.807, 2.05) is 12.1 Å². The van der Waals surface area contributed by atoms with Crippen LogP contribution in [-0.4, -0.2) is 11.1 Å². The number of fused-ring (bicyclic) bond motifs is 1. The van der Waals surface area contributed by atoms with E-state index in [0.717, 1.165) is 18.4 Å². The van der Waals surface area contributed by atoms with Crippen molar-refractivity contribution in [3.8, 4) is 11.3 Å². The first-order chi connectivity index (χ1) is 14.3. The van der Waals surface area contributed by atoms with E-state index in [-0.39, 0.29) is 11.9 Å². The highest BCUT2D eigenvalue weighted by atomic mass is 16.5. The summed E-state index contributed by atoms with van der Waals surface area (Å²) in [5.74, 6) is 1.14. The molecule has 0 spiro atoms. The molecule has 1 fully saturated rings. The molecule has 0 unspecified atom stereocenters. The summed E-state index contributed by atoms with van der Waals surface area (Å²) in [6.45, 7) is 0. The van der Waals surface area contributed by atoms with Crippen molar-refractivity contribution < 1.29 is 9.32 Å². The van der Waals surface area contributed by atoms with Crippen molar-refractivity contribution in [2.45, 2.75) is 56.9 Å². The first kappa shape index (κ1) is 18.2. The number of carbonyl (C=O) groups is 1. The van der Waals surface area contributed by atoms with Crippen LogP contribution < -0.4 is 5.32 Å². The third-order valence-corrected chi connectivity index (χ3v) is 6.45. The fourth-order valence-corrected chi connectivity index (χ4v) is 4.81. The summed E-state index contributed by atoms with van der Waals surface area (Å²) in [4.78, 5) is 12.7. The van der Waals surface area contributed by atoms with Gasteiger partial charge in [0, 0.05) is 11.6 Å². The van der Waals surface area contributed by atoms with Gasteiger partial charge in [0.05, 0.1) is 6.04 Å². The van der Waals surface area contributed by atoms with Crippen molar-refractivity contribution in [2.75, 3.05) is 0 Å². The summed E-state index contributed by atoms with van der Waals surface area (Å²) >= 11 is 0. The highest BCUT2D eigenvalue weighted by molar-refractivity contribution is 5.93. The molecular weight excluding hydrogens is 360 g/mol. The molecule has 2 aliphatic carbocycles. The zero-order valence-corrected chi connectivity index (χ0v) is 16.6. The Labute approximate surface area is 171 Å². The van der Waals surface area contributed by atoms with Crippen molar-refractivity contribution in [1.29, 1.82) is 0 Å². The lowest BCUT2D eigenvalue weighted by molar-refractivity contribution is 0.0927. The van der Waals surface area contributed by atoms with Crippen molar-refractivity contribution >= 4 is 5.91 Å². The zero-order valence-electron chi connectivity index (χ0n) is 16.6. The number of benzene rings is 2. The number of carbonyl (C=O) groups excluding carboxylic acids is 1. The van der Waals surface area contributed by atoms with Gasteiger partial charge in [0.1, 0.15) is 0 Å². The molecule has 0 bridgehead atoms. The molecule has 1 N–H and O–H groups in total. The maximum Gasteiger partial charge on any atom is 0.273 e. The molecule has 1 saturated carbocycles. The molecule has 5 rings (SSSR count). The number of rotatable bonds is 4. The minimum absolute atomic E-state index is 0.0497. The molecule has 1 amide bonds. The number of hydrogen-bond acceptors (Lipinski definition) is 3. The summed E-state index contributed by atoms with van der Waals surface area (Å²) in [6.07, 6.45) is 8.53. The van der Waals surface area contributed by atoms with E-state index >= 15 is 0 Å². The minimum atomic E-state index is -0.180. The van der Waals surface area contributed by atoms with Gasteiger partial charge in [-0.1, -0.05) is 73.0 Å². The molecule has 148 valence electrons. The van der Waals surface area contributed by atoms with Crippen molar-refractivity contribution in [3.63, 3.8) is 0 Å². The summed E-state index contributed by atoms with van der Waals surface area (Å²) < 4.78 is 5.48. The summed E-state index contributed by atoms with van der Waals surface area (Å²) in [7, 11) is 0. The third-order valence-electron chi connectivity index (χ3n) is 6.45. The van der Waals surface area contributed by atoms with E-state index in [1.54, 1.807) is 6.07 Å². The van der Waals surface area contributed by atoms with Gasteiger partial charge in [0.2, 0.25) is 0 Å². The Morgan fingerprint density at radius 1 is 0.966 bits per heavy atom. The number of hydrogen-bond donors (Lipinski definition) is 1.